The molecule has 0 aliphatic rings. The Balaban J connectivity index is 2.15. The largest absolute Gasteiger partial charge is 0.325 e. The molecule has 0 radical (unpaired) electrons. The Bertz CT molecular complexity index is 496. The summed E-state index contributed by atoms with van der Waals surface area (Å²) in [5.74, 6) is -0.467. The third-order valence-corrected chi connectivity index (χ3v) is 1.55. The van der Waals surface area contributed by atoms with Gasteiger partial charge in [0.25, 0.3) is 11.5 Å². The van der Waals surface area contributed by atoms with Crippen molar-refractivity contribution < 1.29 is 4.79 Å². The fourth-order valence-corrected chi connectivity index (χ4v) is 0.899. The molecule has 0 spiro atoms. The Hall–Kier alpha value is -2.51. The first-order chi connectivity index (χ1) is 7.25. The molecule has 0 saturated heterocycles. The molecule has 1 amide bonds. The summed E-state index contributed by atoms with van der Waals surface area (Å²) < 4.78 is 1.27. The second kappa shape index (κ2) is 3.70. The predicted octanol–water partition coefficient (Wildman–Crippen LogP) is -1.25. The molecule has 0 aliphatic carbocycles. The lowest BCUT2D eigenvalue weighted by Crippen LogP contribution is -2.23. The molecule has 2 aromatic heterocycles. The summed E-state index contributed by atoms with van der Waals surface area (Å²) in [5, 5.41) is 7.01. The standard InChI is InChI=1S/C7H6N6O2/c14-6-2-8-5(1-9-6)7(15)12-13-3-10-11-4-13/h1-4H,(H,9,14)(H,12,15). The van der Waals surface area contributed by atoms with Gasteiger partial charge < -0.3 is 4.98 Å². The lowest BCUT2D eigenvalue weighted by atomic mass is 10.4. The molecule has 2 heterocycles. The number of rotatable bonds is 2. The summed E-state index contributed by atoms with van der Waals surface area (Å²) in [6.07, 6.45) is 4.90. The zero-order valence-electron chi connectivity index (χ0n) is 7.41. The molecule has 8 nitrogen and oxygen atoms in total. The van der Waals surface area contributed by atoms with Crippen LogP contribution in [0.4, 0.5) is 0 Å². The summed E-state index contributed by atoms with van der Waals surface area (Å²) in [6.45, 7) is 0. The van der Waals surface area contributed by atoms with E-state index in [1.54, 1.807) is 0 Å². The minimum Gasteiger partial charge on any atom is -0.325 e. The highest BCUT2D eigenvalue weighted by molar-refractivity contribution is 5.97. The van der Waals surface area contributed by atoms with E-state index in [4.69, 9.17) is 0 Å². The number of carbonyl (C=O) groups excluding carboxylic acids is 1. The lowest BCUT2D eigenvalue weighted by Gasteiger charge is -2.02. The molecule has 76 valence electrons. The first-order valence-corrected chi connectivity index (χ1v) is 3.96. The molecule has 0 aromatic carbocycles. The number of nitrogens with zero attached hydrogens (tertiary/aromatic N) is 4. The maximum absolute atomic E-state index is 11.5. The van der Waals surface area contributed by atoms with Gasteiger partial charge in [-0.3, -0.25) is 15.0 Å². The Morgan fingerprint density at radius 1 is 1.40 bits per heavy atom. The van der Waals surface area contributed by atoms with E-state index in [1.807, 2.05) is 0 Å². The van der Waals surface area contributed by atoms with Gasteiger partial charge in [0.15, 0.2) is 0 Å². The van der Waals surface area contributed by atoms with Gasteiger partial charge in [0.2, 0.25) is 0 Å². The average molecular weight is 206 g/mol. The van der Waals surface area contributed by atoms with Crippen molar-refractivity contribution in [2.45, 2.75) is 0 Å². The molecule has 0 aliphatic heterocycles. The number of hydrogen-bond donors (Lipinski definition) is 2. The van der Waals surface area contributed by atoms with Crippen molar-refractivity contribution in [3.63, 3.8) is 0 Å². The van der Waals surface area contributed by atoms with Crippen LogP contribution in [0, 0.1) is 0 Å². The zero-order valence-corrected chi connectivity index (χ0v) is 7.41. The molecule has 0 bridgehead atoms. The molecule has 0 atom stereocenters. The van der Waals surface area contributed by atoms with E-state index in [-0.39, 0.29) is 11.3 Å². The van der Waals surface area contributed by atoms with Crippen LogP contribution in [0.15, 0.2) is 29.8 Å². The van der Waals surface area contributed by atoms with E-state index in [0.717, 1.165) is 6.20 Å². The monoisotopic (exact) mass is 206 g/mol. The Morgan fingerprint density at radius 2 is 2.13 bits per heavy atom. The van der Waals surface area contributed by atoms with Crippen molar-refractivity contribution >= 4 is 5.91 Å². The highest BCUT2D eigenvalue weighted by Crippen LogP contribution is 1.89. The normalized spacial score (nSPS) is 9.87. The van der Waals surface area contributed by atoms with Gasteiger partial charge in [-0.05, 0) is 0 Å². The number of H-pyrrole nitrogens is 1. The minimum atomic E-state index is -0.467. The number of amides is 1. The Morgan fingerprint density at radius 3 is 2.73 bits per heavy atom. The van der Waals surface area contributed by atoms with Crippen LogP contribution in [0.25, 0.3) is 0 Å². The zero-order chi connectivity index (χ0) is 10.7. The van der Waals surface area contributed by atoms with Crippen molar-refractivity contribution in [1.29, 1.82) is 0 Å². The van der Waals surface area contributed by atoms with Crippen LogP contribution in [-0.4, -0.2) is 30.7 Å². The van der Waals surface area contributed by atoms with Crippen molar-refractivity contribution in [1.82, 2.24) is 24.8 Å². The third-order valence-electron chi connectivity index (χ3n) is 1.55. The van der Waals surface area contributed by atoms with Crippen molar-refractivity contribution in [2.75, 3.05) is 5.43 Å². The molecule has 2 N–H and O–H groups in total. The molecule has 0 saturated carbocycles. The summed E-state index contributed by atoms with van der Waals surface area (Å²) >= 11 is 0. The summed E-state index contributed by atoms with van der Waals surface area (Å²) in [4.78, 5) is 28.1. The Kier molecular flexibility index (Phi) is 2.23. The lowest BCUT2D eigenvalue weighted by molar-refractivity contribution is 0.100. The van der Waals surface area contributed by atoms with Gasteiger partial charge in [-0.25, -0.2) is 9.66 Å². The topological polar surface area (TPSA) is 106 Å². The molecule has 0 unspecified atom stereocenters. The van der Waals surface area contributed by atoms with Crippen molar-refractivity contribution in [3.05, 3.63) is 41.1 Å². The van der Waals surface area contributed by atoms with Crippen LogP contribution < -0.4 is 11.0 Å². The number of carbonyl (C=O) groups is 1. The van der Waals surface area contributed by atoms with E-state index in [1.165, 1.54) is 23.5 Å². The van der Waals surface area contributed by atoms with Crippen LogP contribution in [-0.2, 0) is 0 Å². The van der Waals surface area contributed by atoms with Gasteiger partial charge in [0, 0.05) is 6.20 Å². The molecule has 2 aromatic rings. The van der Waals surface area contributed by atoms with Gasteiger partial charge in [-0.2, -0.15) is 0 Å². The van der Waals surface area contributed by atoms with E-state index in [9.17, 15) is 9.59 Å². The van der Waals surface area contributed by atoms with Crippen LogP contribution in [0.2, 0.25) is 0 Å². The Labute approximate surface area is 83.0 Å². The number of nitrogens with one attached hydrogen (secondary N) is 2. The second-order valence-corrected chi connectivity index (χ2v) is 2.61. The summed E-state index contributed by atoms with van der Waals surface area (Å²) in [5.41, 5.74) is 2.16. The summed E-state index contributed by atoms with van der Waals surface area (Å²) in [6, 6.07) is 0. The SMILES string of the molecule is O=C(Nn1cnnc1)c1c[nH]c(=O)cn1. The first kappa shape index (κ1) is 9.06. The molecule has 8 heteroatoms. The molecular formula is C7H6N6O2. The second-order valence-electron chi connectivity index (χ2n) is 2.61. The van der Waals surface area contributed by atoms with E-state index >= 15 is 0 Å². The molecule has 0 fully saturated rings. The molecular weight excluding hydrogens is 200 g/mol. The van der Waals surface area contributed by atoms with Gasteiger partial charge in [-0.15, -0.1) is 10.2 Å². The van der Waals surface area contributed by atoms with Crippen LogP contribution in [0.3, 0.4) is 0 Å². The smallest absolute Gasteiger partial charge is 0.290 e. The number of aromatic nitrogens is 5. The van der Waals surface area contributed by atoms with Crippen LogP contribution >= 0.6 is 0 Å². The molecule has 15 heavy (non-hydrogen) atoms. The highest BCUT2D eigenvalue weighted by atomic mass is 16.2. The molecule has 2 rings (SSSR count). The predicted molar refractivity (Wildman–Crippen MR) is 48.6 cm³/mol. The number of aromatic amines is 1. The van der Waals surface area contributed by atoms with Gasteiger partial charge in [-0.1, -0.05) is 0 Å². The van der Waals surface area contributed by atoms with E-state index in [0.29, 0.717) is 0 Å². The van der Waals surface area contributed by atoms with E-state index < -0.39 is 5.91 Å². The maximum Gasteiger partial charge on any atom is 0.290 e. The third kappa shape index (κ3) is 2.05. The highest BCUT2D eigenvalue weighted by Gasteiger charge is 2.06. The average Bonchev–Trinajstić information content (AvgIpc) is 2.71. The van der Waals surface area contributed by atoms with Crippen molar-refractivity contribution in [2.24, 2.45) is 0 Å². The van der Waals surface area contributed by atoms with Crippen LogP contribution in [0.5, 0.6) is 0 Å². The summed E-state index contributed by atoms with van der Waals surface area (Å²) in [7, 11) is 0. The fraction of sp³-hybridized carbons (Fsp3) is 0. The number of hydrogen-bond acceptors (Lipinski definition) is 5. The van der Waals surface area contributed by atoms with Gasteiger partial charge in [0.05, 0.1) is 6.20 Å². The quantitative estimate of drug-likeness (QED) is 0.638. The van der Waals surface area contributed by atoms with Crippen molar-refractivity contribution in [3.8, 4) is 0 Å². The first-order valence-electron chi connectivity index (χ1n) is 3.96. The fourth-order valence-electron chi connectivity index (χ4n) is 0.899. The maximum atomic E-state index is 11.5. The van der Waals surface area contributed by atoms with Gasteiger partial charge >= 0.3 is 0 Å². The van der Waals surface area contributed by atoms with Gasteiger partial charge in [0.1, 0.15) is 18.3 Å². The minimum absolute atomic E-state index is 0.100. The van der Waals surface area contributed by atoms with E-state index in [2.05, 4.69) is 25.6 Å². The van der Waals surface area contributed by atoms with Crippen LogP contribution in [0.1, 0.15) is 10.5 Å².